The monoisotopic (exact) mass is 294 g/mol. The van der Waals surface area contributed by atoms with Gasteiger partial charge in [-0.25, -0.2) is 0 Å². The van der Waals surface area contributed by atoms with Crippen LogP contribution in [0.25, 0.3) is 0 Å². The van der Waals surface area contributed by atoms with Gasteiger partial charge in [0.1, 0.15) is 0 Å². The van der Waals surface area contributed by atoms with Crippen molar-refractivity contribution in [1.29, 1.82) is 0 Å². The SMILES string of the molecule is COc1ccc(CN(CCO)C2CCCC2)cc1[N+](=O)[O-]. The molecule has 1 N–H and O–H groups in total. The van der Waals surface area contributed by atoms with Crippen molar-refractivity contribution in [1.82, 2.24) is 4.90 Å². The van der Waals surface area contributed by atoms with Crippen LogP contribution in [0.4, 0.5) is 5.69 Å². The van der Waals surface area contributed by atoms with E-state index in [4.69, 9.17) is 4.74 Å². The van der Waals surface area contributed by atoms with Crippen LogP contribution >= 0.6 is 0 Å². The molecule has 1 aromatic carbocycles. The van der Waals surface area contributed by atoms with Crippen molar-refractivity contribution in [3.05, 3.63) is 33.9 Å². The third kappa shape index (κ3) is 3.92. The van der Waals surface area contributed by atoms with Gasteiger partial charge in [0.2, 0.25) is 0 Å². The summed E-state index contributed by atoms with van der Waals surface area (Å²) in [6, 6.07) is 5.53. The molecule has 1 aliphatic carbocycles. The summed E-state index contributed by atoms with van der Waals surface area (Å²) in [5.74, 6) is 0.276. The lowest BCUT2D eigenvalue weighted by molar-refractivity contribution is -0.385. The van der Waals surface area contributed by atoms with Crippen molar-refractivity contribution in [2.75, 3.05) is 20.3 Å². The first-order valence-electron chi connectivity index (χ1n) is 7.32. The Labute approximate surface area is 124 Å². The maximum absolute atomic E-state index is 11.1. The fourth-order valence-corrected chi connectivity index (χ4v) is 3.00. The van der Waals surface area contributed by atoms with Gasteiger partial charge in [-0.2, -0.15) is 0 Å². The topological polar surface area (TPSA) is 75.8 Å². The molecular formula is C15H22N2O4. The highest BCUT2D eigenvalue weighted by molar-refractivity contribution is 5.48. The zero-order valence-corrected chi connectivity index (χ0v) is 12.3. The first-order valence-corrected chi connectivity index (χ1v) is 7.32. The lowest BCUT2D eigenvalue weighted by Gasteiger charge is -2.28. The predicted octanol–water partition coefficient (Wildman–Crippen LogP) is 2.34. The molecule has 1 fully saturated rings. The number of aliphatic hydroxyl groups is 1. The first-order chi connectivity index (χ1) is 10.2. The second-order valence-electron chi connectivity index (χ2n) is 5.40. The number of hydrogen-bond donors (Lipinski definition) is 1. The minimum absolute atomic E-state index is 0.00892. The van der Waals surface area contributed by atoms with E-state index in [9.17, 15) is 15.2 Å². The summed E-state index contributed by atoms with van der Waals surface area (Å²) in [7, 11) is 1.43. The number of hydrogen-bond acceptors (Lipinski definition) is 5. The van der Waals surface area contributed by atoms with Gasteiger partial charge in [0.15, 0.2) is 5.75 Å². The van der Waals surface area contributed by atoms with E-state index in [2.05, 4.69) is 4.90 Å². The van der Waals surface area contributed by atoms with E-state index >= 15 is 0 Å². The molecule has 1 saturated carbocycles. The van der Waals surface area contributed by atoms with Gasteiger partial charge < -0.3 is 9.84 Å². The van der Waals surface area contributed by atoms with Gasteiger partial charge in [-0.15, -0.1) is 0 Å². The van der Waals surface area contributed by atoms with Crippen molar-refractivity contribution in [3.63, 3.8) is 0 Å². The molecule has 0 heterocycles. The van der Waals surface area contributed by atoms with Crippen LogP contribution in [-0.4, -0.2) is 41.2 Å². The zero-order chi connectivity index (χ0) is 15.2. The van der Waals surface area contributed by atoms with Crippen LogP contribution < -0.4 is 4.74 Å². The molecule has 0 saturated heterocycles. The Bertz CT molecular complexity index is 487. The van der Waals surface area contributed by atoms with E-state index in [0.29, 0.717) is 19.1 Å². The number of nitro groups is 1. The van der Waals surface area contributed by atoms with Crippen molar-refractivity contribution in [3.8, 4) is 5.75 Å². The number of methoxy groups -OCH3 is 1. The van der Waals surface area contributed by atoms with Gasteiger partial charge >= 0.3 is 5.69 Å². The molecule has 0 amide bonds. The minimum Gasteiger partial charge on any atom is -0.490 e. The molecule has 0 aliphatic heterocycles. The third-order valence-electron chi connectivity index (χ3n) is 4.05. The van der Waals surface area contributed by atoms with Crippen LogP contribution in [0, 0.1) is 10.1 Å². The molecule has 0 unspecified atom stereocenters. The molecule has 0 aromatic heterocycles. The van der Waals surface area contributed by atoms with Gasteiger partial charge in [-0.3, -0.25) is 15.0 Å². The lowest BCUT2D eigenvalue weighted by Crippen LogP contribution is -2.35. The molecule has 116 valence electrons. The van der Waals surface area contributed by atoms with E-state index in [1.165, 1.54) is 20.0 Å². The molecule has 1 aliphatic rings. The molecule has 0 bridgehead atoms. The second-order valence-corrected chi connectivity index (χ2v) is 5.40. The van der Waals surface area contributed by atoms with Gasteiger partial charge in [0.05, 0.1) is 18.6 Å². The number of benzene rings is 1. The number of nitro benzene ring substituents is 1. The molecule has 21 heavy (non-hydrogen) atoms. The number of aliphatic hydroxyl groups excluding tert-OH is 1. The predicted molar refractivity (Wildman–Crippen MR) is 79.4 cm³/mol. The van der Waals surface area contributed by atoms with Crippen LogP contribution in [0.2, 0.25) is 0 Å². The van der Waals surface area contributed by atoms with Crippen molar-refractivity contribution in [2.24, 2.45) is 0 Å². The van der Waals surface area contributed by atoms with Gasteiger partial charge in [0, 0.05) is 25.2 Å². The molecule has 1 aromatic rings. The molecule has 0 atom stereocenters. The Hall–Kier alpha value is -1.66. The Morgan fingerprint density at radius 2 is 2.14 bits per heavy atom. The summed E-state index contributed by atoms with van der Waals surface area (Å²) in [6.45, 7) is 1.33. The summed E-state index contributed by atoms with van der Waals surface area (Å²) in [4.78, 5) is 12.9. The van der Waals surface area contributed by atoms with E-state index in [0.717, 1.165) is 18.4 Å². The molecule has 6 nitrogen and oxygen atoms in total. The highest BCUT2D eigenvalue weighted by atomic mass is 16.6. The summed E-state index contributed by atoms with van der Waals surface area (Å²) in [6.07, 6.45) is 4.71. The molecular weight excluding hydrogens is 272 g/mol. The largest absolute Gasteiger partial charge is 0.490 e. The normalized spacial score (nSPS) is 15.6. The third-order valence-corrected chi connectivity index (χ3v) is 4.05. The van der Waals surface area contributed by atoms with Crippen LogP contribution in [-0.2, 0) is 6.54 Å². The zero-order valence-electron chi connectivity index (χ0n) is 12.3. The molecule has 0 spiro atoms. The summed E-state index contributed by atoms with van der Waals surface area (Å²) in [5.41, 5.74) is 0.869. The Kier molecular flexibility index (Phi) is 5.52. The van der Waals surface area contributed by atoms with Crippen LogP contribution in [0.3, 0.4) is 0 Å². The fraction of sp³-hybridized carbons (Fsp3) is 0.600. The van der Waals surface area contributed by atoms with Crippen molar-refractivity contribution < 1.29 is 14.8 Å². The van der Waals surface area contributed by atoms with Gasteiger partial charge in [0.25, 0.3) is 0 Å². The van der Waals surface area contributed by atoms with Gasteiger partial charge in [-0.1, -0.05) is 18.9 Å². The van der Waals surface area contributed by atoms with Crippen molar-refractivity contribution >= 4 is 5.69 Å². The molecule has 0 radical (unpaired) electrons. The number of nitrogens with zero attached hydrogens (tertiary/aromatic N) is 2. The second kappa shape index (κ2) is 7.38. The molecule has 2 rings (SSSR count). The standard InChI is InChI=1S/C15H22N2O4/c1-21-15-7-6-12(10-14(15)17(19)20)11-16(8-9-18)13-4-2-3-5-13/h6-7,10,13,18H,2-5,8-9,11H2,1H3. The minimum atomic E-state index is -0.422. The summed E-state index contributed by atoms with van der Waals surface area (Å²) >= 11 is 0. The smallest absolute Gasteiger partial charge is 0.311 e. The van der Waals surface area contributed by atoms with E-state index in [-0.39, 0.29) is 18.0 Å². The average Bonchev–Trinajstić information content (AvgIpc) is 3.00. The summed E-state index contributed by atoms with van der Waals surface area (Å²) < 4.78 is 5.02. The maximum atomic E-state index is 11.1. The highest BCUT2D eigenvalue weighted by Gasteiger charge is 2.23. The Balaban J connectivity index is 2.16. The maximum Gasteiger partial charge on any atom is 0.311 e. The Morgan fingerprint density at radius 3 is 2.71 bits per heavy atom. The number of rotatable bonds is 7. The molecule has 6 heteroatoms. The fourth-order valence-electron chi connectivity index (χ4n) is 3.00. The summed E-state index contributed by atoms with van der Waals surface area (Å²) in [5, 5.41) is 20.3. The highest BCUT2D eigenvalue weighted by Crippen LogP contribution is 2.29. The number of ether oxygens (including phenoxy) is 1. The first kappa shape index (κ1) is 15.7. The van der Waals surface area contributed by atoms with E-state index in [1.54, 1.807) is 12.1 Å². The Morgan fingerprint density at radius 1 is 1.43 bits per heavy atom. The van der Waals surface area contributed by atoms with Crippen LogP contribution in [0.1, 0.15) is 31.2 Å². The van der Waals surface area contributed by atoms with Gasteiger partial charge in [-0.05, 0) is 24.5 Å². The quantitative estimate of drug-likeness (QED) is 0.617. The van der Waals surface area contributed by atoms with Crippen LogP contribution in [0.5, 0.6) is 5.75 Å². The van der Waals surface area contributed by atoms with E-state index < -0.39 is 4.92 Å². The average molecular weight is 294 g/mol. The van der Waals surface area contributed by atoms with Crippen molar-refractivity contribution in [2.45, 2.75) is 38.3 Å². The lowest BCUT2D eigenvalue weighted by atomic mass is 10.1. The van der Waals surface area contributed by atoms with E-state index in [1.807, 2.05) is 6.07 Å². The van der Waals surface area contributed by atoms with Crippen LogP contribution in [0.15, 0.2) is 18.2 Å².